The molecule has 17 unspecified atom stereocenters. The predicted octanol–water partition coefficient (Wildman–Crippen LogP) is 1.03. The number of unbranched alkanes of at least 4 members (excludes halogenated alkanes) is 11. The molecule has 390 valence electrons. The lowest BCUT2D eigenvalue weighted by Crippen LogP contribution is -2.66. The molecule has 0 radical (unpaired) electrons. The third kappa shape index (κ3) is 20.0. The molecule has 67 heavy (non-hydrogen) atoms. The normalized spacial score (nSPS) is 33.8. The number of rotatable bonds is 33. The molecule has 3 fully saturated rings. The minimum Gasteiger partial charge on any atom is -0.394 e. The van der Waals surface area contributed by atoms with Gasteiger partial charge in [-0.2, -0.15) is 0 Å². The van der Waals surface area contributed by atoms with Gasteiger partial charge in [0.15, 0.2) is 18.9 Å². The molecule has 0 saturated carbocycles. The summed E-state index contributed by atoms with van der Waals surface area (Å²) in [6.45, 7) is 1.51. The Bertz CT molecular complexity index is 1390. The van der Waals surface area contributed by atoms with E-state index in [4.69, 9.17) is 28.4 Å². The smallest absolute Gasteiger partial charge is 0.220 e. The Balaban J connectivity index is 1.50. The van der Waals surface area contributed by atoms with Gasteiger partial charge >= 0.3 is 0 Å². The van der Waals surface area contributed by atoms with Crippen molar-refractivity contribution in [1.29, 1.82) is 0 Å². The van der Waals surface area contributed by atoms with Gasteiger partial charge in [0, 0.05) is 6.42 Å². The van der Waals surface area contributed by atoms with Crippen molar-refractivity contribution in [3.8, 4) is 0 Å². The van der Waals surface area contributed by atoms with Crippen LogP contribution >= 0.6 is 0 Å². The van der Waals surface area contributed by atoms with Gasteiger partial charge in [0.1, 0.15) is 73.2 Å². The van der Waals surface area contributed by atoms with Gasteiger partial charge in [-0.1, -0.05) is 115 Å². The SMILES string of the molecule is CC/C=C\C/C=C\C/C=C\CCCCCCCCCC(=O)NC(COC1OC(CO)C(OC2OC(CO)C(OC3OC(CO)C(O)C(O)C3O)C(O)C2O)C(O)C1O)C(O)CCCCCCC. The van der Waals surface area contributed by atoms with Crippen LogP contribution in [-0.4, -0.2) is 193 Å². The van der Waals surface area contributed by atoms with Crippen LogP contribution < -0.4 is 5.32 Å². The molecule has 3 saturated heterocycles. The number of hydrogen-bond acceptors (Lipinski definition) is 18. The van der Waals surface area contributed by atoms with Gasteiger partial charge in [0.25, 0.3) is 0 Å². The minimum atomic E-state index is -1.97. The predicted molar refractivity (Wildman–Crippen MR) is 245 cm³/mol. The minimum absolute atomic E-state index is 0.252. The fraction of sp³-hybridized carbons (Fsp3) is 0.854. The van der Waals surface area contributed by atoms with Gasteiger partial charge in [0.05, 0.1) is 38.6 Å². The van der Waals surface area contributed by atoms with Crippen LogP contribution in [-0.2, 0) is 33.2 Å². The van der Waals surface area contributed by atoms with E-state index in [9.17, 15) is 61.0 Å². The van der Waals surface area contributed by atoms with E-state index in [-0.39, 0.29) is 18.9 Å². The summed E-state index contributed by atoms with van der Waals surface area (Å²) in [6.07, 6.45) is 3.22. The van der Waals surface area contributed by atoms with E-state index in [1.807, 2.05) is 0 Å². The molecule has 0 aromatic carbocycles. The monoisotopic (exact) mass is 964 g/mol. The van der Waals surface area contributed by atoms with Crippen molar-refractivity contribution in [1.82, 2.24) is 5.32 Å². The number of nitrogens with one attached hydrogen (secondary N) is 1. The first-order valence-electron chi connectivity index (χ1n) is 24.7. The molecule has 0 spiro atoms. The number of hydrogen-bond donors (Lipinski definition) is 12. The van der Waals surface area contributed by atoms with Crippen molar-refractivity contribution >= 4 is 5.91 Å². The van der Waals surface area contributed by atoms with Crippen molar-refractivity contribution in [2.24, 2.45) is 0 Å². The molecular weight excluding hydrogens is 879 g/mol. The van der Waals surface area contributed by atoms with Crippen LogP contribution in [0.2, 0.25) is 0 Å². The van der Waals surface area contributed by atoms with Crippen LogP contribution in [0.4, 0.5) is 0 Å². The zero-order chi connectivity index (χ0) is 49.1. The lowest BCUT2D eigenvalue weighted by molar-refractivity contribution is -0.379. The van der Waals surface area contributed by atoms with Gasteiger partial charge < -0.3 is 89.9 Å². The zero-order valence-electron chi connectivity index (χ0n) is 39.6. The second-order valence-electron chi connectivity index (χ2n) is 17.9. The van der Waals surface area contributed by atoms with Gasteiger partial charge in [-0.15, -0.1) is 0 Å². The van der Waals surface area contributed by atoms with Gasteiger partial charge in [-0.25, -0.2) is 0 Å². The number of carbonyl (C=O) groups is 1. The van der Waals surface area contributed by atoms with E-state index >= 15 is 0 Å². The highest BCUT2D eigenvalue weighted by Crippen LogP contribution is 2.33. The molecule has 19 nitrogen and oxygen atoms in total. The summed E-state index contributed by atoms with van der Waals surface area (Å²) >= 11 is 0. The molecule has 12 N–H and O–H groups in total. The lowest BCUT2D eigenvalue weighted by Gasteiger charge is -2.48. The largest absolute Gasteiger partial charge is 0.394 e. The van der Waals surface area contributed by atoms with Gasteiger partial charge in [0.2, 0.25) is 5.91 Å². The Kier molecular flexibility index (Phi) is 29.7. The molecule has 0 aromatic heterocycles. The highest BCUT2D eigenvalue weighted by Gasteiger charge is 2.53. The second kappa shape index (κ2) is 33.6. The van der Waals surface area contributed by atoms with Crippen LogP contribution in [0, 0.1) is 0 Å². The fourth-order valence-corrected chi connectivity index (χ4v) is 8.32. The molecule has 3 aliphatic rings. The first-order valence-corrected chi connectivity index (χ1v) is 24.7. The Labute approximate surface area is 396 Å². The van der Waals surface area contributed by atoms with E-state index in [2.05, 4.69) is 55.6 Å². The summed E-state index contributed by atoms with van der Waals surface area (Å²) in [7, 11) is 0. The summed E-state index contributed by atoms with van der Waals surface area (Å²) in [4.78, 5) is 13.1. The molecule has 0 aromatic rings. The van der Waals surface area contributed by atoms with Crippen LogP contribution in [0.25, 0.3) is 0 Å². The van der Waals surface area contributed by atoms with Crippen LogP contribution in [0.1, 0.15) is 129 Å². The number of ether oxygens (including phenoxy) is 6. The first-order chi connectivity index (χ1) is 32.3. The van der Waals surface area contributed by atoms with E-state index in [1.54, 1.807) is 0 Å². The number of carbonyl (C=O) groups excluding carboxylic acids is 1. The quantitative estimate of drug-likeness (QED) is 0.0323. The summed E-state index contributed by atoms with van der Waals surface area (Å²) < 4.78 is 34.0. The standard InChI is InChI=1S/C48H85NO18/c1-3-5-7-9-10-11-12-13-14-15-16-17-18-19-20-22-24-26-36(54)49-31(32(53)25-23-21-8-6-4-2)30-62-46-42(60)39(57)44(34(28-51)64-46)67-48-43(61)40(58)45(35(29-52)65-48)66-47-41(59)38(56)37(55)33(27-50)63-47/h5,7,10-11,13-14,31-35,37-48,50-53,55-61H,3-4,6,8-9,12,15-30H2,1-2H3,(H,49,54)/b7-5-,11-10-,14-13-. The molecule has 1 amide bonds. The maximum atomic E-state index is 13.1. The van der Waals surface area contributed by atoms with Crippen molar-refractivity contribution in [3.05, 3.63) is 36.5 Å². The fourth-order valence-electron chi connectivity index (χ4n) is 8.32. The molecule has 0 aliphatic carbocycles. The highest BCUT2D eigenvalue weighted by atomic mass is 16.8. The number of allylic oxidation sites excluding steroid dienone is 6. The Morgan fingerprint density at radius 2 is 1.03 bits per heavy atom. The lowest BCUT2D eigenvalue weighted by atomic mass is 9.96. The molecule has 0 bridgehead atoms. The average molecular weight is 964 g/mol. The molecule has 3 aliphatic heterocycles. The third-order valence-electron chi connectivity index (χ3n) is 12.5. The Hall–Kier alpha value is -1.99. The summed E-state index contributed by atoms with van der Waals surface area (Å²) in [5.74, 6) is -0.264. The second-order valence-corrected chi connectivity index (χ2v) is 17.9. The van der Waals surface area contributed by atoms with Crippen molar-refractivity contribution in [2.45, 2.75) is 234 Å². The first kappa shape index (κ1) is 59.3. The van der Waals surface area contributed by atoms with Crippen molar-refractivity contribution in [2.75, 3.05) is 26.4 Å². The molecule has 19 heteroatoms. The van der Waals surface area contributed by atoms with Crippen molar-refractivity contribution < 1.29 is 89.4 Å². The summed E-state index contributed by atoms with van der Waals surface area (Å²) in [5, 5.41) is 119. The van der Waals surface area contributed by atoms with Crippen LogP contribution in [0.5, 0.6) is 0 Å². The van der Waals surface area contributed by atoms with Crippen molar-refractivity contribution in [3.63, 3.8) is 0 Å². The molecule has 3 rings (SSSR count). The van der Waals surface area contributed by atoms with Crippen LogP contribution in [0.3, 0.4) is 0 Å². The topological polar surface area (TPSA) is 307 Å². The number of amides is 1. The number of aliphatic hydroxyl groups excluding tert-OH is 11. The summed E-state index contributed by atoms with van der Waals surface area (Å²) in [5.41, 5.74) is 0. The van der Waals surface area contributed by atoms with E-state index < -0.39 is 124 Å². The van der Waals surface area contributed by atoms with E-state index in [0.29, 0.717) is 19.3 Å². The maximum absolute atomic E-state index is 13.1. The molecule has 3 heterocycles. The molecular formula is C48H85NO18. The Morgan fingerprint density at radius 1 is 0.552 bits per heavy atom. The average Bonchev–Trinajstić information content (AvgIpc) is 3.32. The molecule has 17 atom stereocenters. The van der Waals surface area contributed by atoms with E-state index in [0.717, 1.165) is 89.9 Å². The summed E-state index contributed by atoms with van der Waals surface area (Å²) in [6, 6.07) is -0.887. The van der Waals surface area contributed by atoms with Gasteiger partial charge in [-0.05, 0) is 44.9 Å². The highest BCUT2D eigenvalue weighted by molar-refractivity contribution is 5.76. The van der Waals surface area contributed by atoms with Crippen LogP contribution in [0.15, 0.2) is 36.5 Å². The third-order valence-corrected chi connectivity index (χ3v) is 12.5. The zero-order valence-corrected chi connectivity index (χ0v) is 39.6. The Morgan fingerprint density at radius 3 is 1.61 bits per heavy atom. The number of aliphatic hydroxyl groups is 11. The maximum Gasteiger partial charge on any atom is 0.220 e. The van der Waals surface area contributed by atoms with Gasteiger partial charge in [-0.3, -0.25) is 4.79 Å². The van der Waals surface area contributed by atoms with E-state index in [1.165, 1.54) is 0 Å².